The van der Waals surface area contributed by atoms with E-state index in [1.807, 2.05) is 13.8 Å². The van der Waals surface area contributed by atoms with Crippen molar-refractivity contribution in [1.29, 1.82) is 0 Å². The molecular weight excluding hydrogens is 1440 g/mol. The maximum Gasteiger partial charge on any atom is 0.243 e. The van der Waals surface area contributed by atoms with Gasteiger partial charge in [0, 0.05) is 32.9 Å². The third-order valence-electron chi connectivity index (χ3n) is 16.1. The van der Waals surface area contributed by atoms with Gasteiger partial charge in [-0.1, -0.05) is 111 Å². The van der Waals surface area contributed by atoms with Crippen molar-refractivity contribution < 1.29 is 133 Å². The molecule has 4 N–H and O–H groups in total. The normalized spacial score (nSPS) is 12.1. The van der Waals surface area contributed by atoms with Gasteiger partial charge >= 0.3 is 0 Å². The highest BCUT2D eigenvalue weighted by Crippen LogP contribution is 2.14. The number of hydrogen-bond donors (Lipinski definition) is 4. The lowest BCUT2D eigenvalue weighted by Gasteiger charge is -2.22. The Morgan fingerprint density at radius 2 is 0.464 bits per heavy atom. The van der Waals surface area contributed by atoms with Crippen molar-refractivity contribution in [2.45, 2.75) is 155 Å². The molecule has 0 aromatic carbocycles. The molecule has 0 aliphatic rings. The second kappa shape index (κ2) is 94.8. The topological polar surface area (TPSA) is 338 Å². The van der Waals surface area contributed by atoms with Gasteiger partial charge in [0.15, 0.2) is 0 Å². The summed E-state index contributed by atoms with van der Waals surface area (Å²) >= 11 is 0. The van der Waals surface area contributed by atoms with Crippen LogP contribution in [0.1, 0.15) is 149 Å². The van der Waals surface area contributed by atoms with Gasteiger partial charge in [0.2, 0.25) is 23.6 Å². The van der Waals surface area contributed by atoms with Crippen LogP contribution in [0.15, 0.2) is 0 Å². The highest BCUT2D eigenvalue weighted by Gasteiger charge is 2.25. The molecule has 0 radical (unpaired) electrons. The van der Waals surface area contributed by atoms with E-state index in [-0.39, 0.29) is 49.2 Å². The van der Waals surface area contributed by atoms with Gasteiger partial charge in [0.1, 0.15) is 6.04 Å². The minimum Gasteiger partial charge on any atom is -0.379 e. The maximum absolute atomic E-state index is 12.2. The van der Waals surface area contributed by atoms with Crippen LogP contribution in [-0.4, -0.2) is 354 Å². The van der Waals surface area contributed by atoms with E-state index >= 15 is 0 Å². The molecule has 654 valence electrons. The number of amides is 4. The van der Waals surface area contributed by atoms with Crippen molar-refractivity contribution in [3.8, 4) is 0 Å². The second-order valence-electron chi connectivity index (χ2n) is 25.4. The first-order valence-corrected chi connectivity index (χ1v) is 41.3. The van der Waals surface area contributed by atoms with Gasteiger partial charge in [0.25, 0.3) is 0 Å². The fourth-order valence-corrected chi connectivity index (χ4v) is 9.70. The molecule has 0 unspecified atom stereocenters. The Kier molecular flexibility index (Phi) is 92.1. The van der Waals surface area contributed by atoms with E-state index in [1.165, 1.54) is 70.6 Å². The second-order valence-corrected chi connectivity index (χ2v) is 25.4. The molecule has 0 aromatic rings. The first kappa shape index (κ1) is 107. The first-order valence-electron chi connectivity index (χ1n) is 41.3. The Hall–Kier alpha value is -3.08. The molecule has 0 fully saturated rings. The fourth-order valence-electron chi connectivity index (χ4n) is 9.70. The van der Waals surface area contributed by atoms with Crippen molar-refractivity contribution >= 4 is 23.6 Å². The van der Waals surface area contributed by atoms with Crippen LogP contribution in [-0.2, 0) is 133 Å². The van der Waals surface area contributed by atoms with Gasteiger partial charge in [0.05, 0.1) is 311 Å². The van der Waals surface area contributed by atoms with Gasteiger partial charge in [-0.05, 0) is 25.2 Å². The van der Waals surface area contributed by atoms with Crippen LogP contribution >= 0.6 is 0 Å². The van der Waals surface area contributed by atoms with Crippen molar-refractivity contribution in [3.63, 3.8) is 0 Å². The standard InChI is InChI=1S/C78H154N4O28/c1-5-7-8-9-10-11-12-13-14-15-16-17-19-22-74(83)80-25-21-18-20-23-76(85)82-110-72-71-109-70-69-108-68-67-107-66-65-106-64-63-105-62-61-104-60-59-103-58-57-102-56-55-101-54-53-100-52-51-99-50-49-98-48-47-97-46-45-96-44-43-95-42-41-94-40-39-93-38-37-92-36-35-91-34-33-90-32-31-89-30-29-88-28-27-87-26-24-75(84)81-77(73(3)6-2)78(86)79-4/h73,77H,5-72H2,1-4H3,(H,79,86)(H,80,83)(H,81,84)(H,82,85)/t73-,77-/m0/s1. The van der Waals surface area contributed by atoms with Crippen LogP contribution in [0.5, 0.6) is 0 Å². The first-order chi connectivity index (χ1) is 54.3. The van der Waals surface area contributed by atoms with Crippen LogP contribution in [0.4, 0.5) is 0 Å². The van der Waals surface area contributed by atoms with E-state index in [9.17, 15) is 19.2 Å². The third-order valence-corrected chi connectivity index (χ3v) is 16.1. The largest absolute Gasteiger partial charge is 0.379 e. The molecule has 0 saturated carbocycles. The zero-order valence-corrected chi connectivity index (χ0v) is 68.7. The molecule has 0 saturated heterocycles. The van der Waals surface area contributed by atoms with Crippen molar-refractivity contribution in [3.05, 3.63) is 0 Å². The monoisotopic (exact) mass is 1600 g/mol. The molecule has 0 aliphatic heterocycles. The zero-order chi connectivity index (χ0) is 79.3. The number of ether oxygens (including phenoxy) is 23. The number of carbonyl (C=O) groups is 4. The molecule has 0 spiro atoms. The summed E-state index contributed by atoms with van der Waals surface area (Å²) in [6.07, 6.45) is 21.3. The molecule has 0 aromatic heterocycles. The Balaban J connectivity index is 3.18. The lowest BCUT2D eigenvalue weighted by molar-refractivity contribution is -0.135. The van der Waals surface area contributed by atoms with Crippen molar-refractivity contribution in [2.75, 3.05) is 324 Å². The average Bonchev–Trinajstić information content (AvgIpc) is 0.897. The lowest BCUT2D eigenvalue weighted by atomic mass is 9.98. The van der Waals surface area contributed by atoms with Crippen molar-refractivity contribution in [1.82, 2.24) is 21.4 Å². The number of likely N-dealkylation sites (N-methyl/N-ethyl adjacent to an activating group) is 1. The summed E-state index contributed by atoms with van der Waals surface area (Å²) in [6, 6.07) is -0.550. The number of hydrogen-bond acceptors (Lipinski definition) is 28. The molecule has 0 aliphatic carbocycles. The number of hydroxylamine groups is 1. The summed E-state index contributed by atoms with van der Waals surface area (Å²) in [4.78, 5) is 53.6. The summed E-state index contributed by atoms with van der Waals surface area (Å²) in [5.74, 6) is -0.409. The minimum absolute atomic E-state index is 0.0358. The SMILES string of the molecule is CCCCCCCCCCCCCCCC(=O)NCCCCCC(=O)NOCCOCCOCCOCCOCCOCCOCCOCCOCCOCCOCCOCCOCCOCCOCCOCCOCCOCCOCCOCCOCCOCCOCCOCCC(=O)N[C@H](C(=O)NC)[C@@H](C)CC. The number of rotatable bonds is 97. The molecule has 110 heavy (non-hydrogen) atoms. The molecule has 0 bridgehead atoms. The molecule has 2 atom stereocenters. The van der Waals surface area contributed by atoms with E-state index in [4.69, 9.17) is 114 Å². The van der Waals surface area contributed by atoms with Gasteiger partial charge in [-0.25, -0.2) is 5.48 Å². The molecule has 0 rings (SSSR count). The summed E-state index contributed by atoms with van der Waals surface area (Å²) in [6.45, 7) is 27.9. The Morgan fingerprint density at radius 3 is 0.709 bits per heavy atom. The van der Waals surface area contributed by atoms with Crippen LogP contribution in [0, 0.1) is 5.92 Å². The lowest BCUT2D eigenvalue weighted by Crippen LogP contribution is -2.49. The van der Waals surface area contributed by atoms with Gasteiger partial charge in [-0.2, -0.15) is 0 Å². The average molecular weight is 1600 g/mol. The van der Waals surface area contributed by atoms with Crippen LogP contribution in [0.2, 0.25) is 0 Å². The molecular formula is C78H154N4O28. The Morgan fingerprint density at radius 1 is 0.245 bits per heavy atom. The molecule has 32 nitrogen and oxygen atoms in total. The molecule has 4 amide bonds. The molecule has 0 heterocycles. The van der Waals surface area contributed by atoms with Gasteiger partial charge < -0.3 is 125 Å². The smallest absolute Gasteiger partial charge is 0.243 e. The summed E-state index contributed by atoms with van der Waals surface area (Å²) < 4.78 is 127. The number of unbranched alkanes of at least 4 members (excludes halogenated alkanes) is 14. The highest BCUT2D eigenvalue weighted by atomic mass is 16.7. The van der Waals surface area contributed by atoms with E-state index in [1.54, 1.807) is 7.05 Å². The summed E-state index contributed by atoms with van der Waals surface area (Å²) in [5, 5.41) is 8.39. The van der Waals surface area contributed by atoms with Crippen molar-refractivity contribution in [2.24, 2.45) is 5.92 Å². The summed E-state index contributed by atoms with van der Waals surface area (Å²) in [5.41, 5.74) is 2.46. The maximum atomic E-state index is 12.2. The quantitative estimate of drug-likeness (QED) is 0.0386. The van der Waals surface area contributed by atoms with Gasteiger partial charge in [-0.15, -0.1) is 0 Å². The predicted octanol–water partition coefficient (Wildman–Crippen LogP) is 6.24. The summed E-state index contributed by atoms with van der Waals surface area (Å²) in [7, 11) is 1.56. The van der Waals surface area contributed by atoms with Crippen LogP contribution in [0.3, 0.4) is 0 Å². The predicted molar refractivity (Wildman–Crippen MR) is 415 cm³/mol. The fraction of sp³-hybridized carbons (Fsp3) is 0.949. The third kappa shape index (κ3) is 88.9. The molecule has 32 heteroatoms. The number of nitrogens with one attached hydrogen (secondary N) is 4. The van der Waals surface area contributed by atoms with Crippen LogP contribution < -0.4 is 21.4 Å². The Labute approximate surface area is 660 Å². The van der Waals surface area contributed by atoms with E-state index in [0.717, 1.165) is 38.5 Å². The number of carbonyl (C=O) groups excluding carboxylic acids is 4. The van der Waals surface area contributed by atoms with Gasteiger partial charge in [-0.3, -0.25) is 24.0 Å². The van der Waals surface area contributed by atoms with E-state index in [0.29, 0.717) is 317 Å². The highest BCUT2D eigenvalue weighted by molar-refractivity contribution is 5.87. The van der Waals surface area contributed by atoms with Crippen LogP contribution in [0.25, 0.3) is 0 Å². The van der Waals surface area contributed by atoms with E-state index in [2.05, 4.69) is 28.4 Å². The zero-order valence-electron chi connectivity index (χ0n) is 68.7. The Bertz CT molecular complexity index is 1860. The van der Waals surface area contributed by atoms with E-state index < -0.39 is 6.04 Å². The minimum atomic E-state index is -0.550.